The van der Waals surface area contributed by atoms with Gasteiger partial charge in [-0.1, -0.05) is 18.2 Å². The Balaban J connectivity index is 1.80. The summed E-state index contributed by atoms with van der Waals surface area (Å²) in [5.41, 5.74) is 1.91. The molecule has 6 heteroatoms. The van der Waals surface area contributed by atoms with E-state index in [1.807, 2.05) is 25.4 Å². The van der Waals surface area contributed by atoms with Crippen LogP contribution in [-0.4, -0.2) is 24.0 Å². The number of aryl methyl sites for hydroxylation is 1. The van der Waals surface area contributed by atoms with Crippen molar-refractivity contribution in [2.45, 2.75) is 17.5 Å². The van der Waals surface area contributed by atoms with Gasteiger partial charge in [0.05, 0.1) is 16.8 Å². The van der Waals surface area contributed by atoms with Crippen molar-refractivity contribution < 1.29 is 8.42 Å². The Labute approximate surface area is 112 Å². The average molecular weight is 277 g/mol. The number of sulfone groups is 1. The molecule has 0 saturated carbocycles. The molecular formula is C13H15N3O2S. The minimum absolute atomic E-state index is 0.132. The lowest BCUT2D eigenvalue weighted by Crippen LogP contribution is -2.22. The van der Waals surface area contributed by atoms with Gasteiger partial charge in [-0.05, 0) is 11.6 Å². The summed E-state index contributed by atoms with van der Waals surface area (Å²) in [7, 11) is -1.28. The van der Waals surface area contributed by atoms with Crippen LogP contribution in [0.3, 0.4) is 0 Å². The first-order chi connectivity index (χ1) is 9.06. The lowest BCUT2D eigenvalue weighted by atomic mass is 10.1. The number of nitrogens with one attached hydrogen (secondary N) is 1. The van der Waals surface area contributed by atoms with E-state index in [9.17, 15) is 8.42 Å². The van der Waals surface area contributed by atoms with Crippen LogP contribution in [0.5, 0.6) is 0 Å². The van der Waals surface area contributed by atoms with Crippen LogP contribution in [0.15, 0.2) is 41.6 Å². The zero-order valence-corrected chi connectivity index (χ0v) is 11.4. The SMILES string of the molecule is Cn1cc(CNC2CS(=O)(=O)c3ccccc32)cn1. The van der Waals surface area contributed by atoms with Crippen LogP contribution in [0.4, 0.5) is 0 Å². The maximum absolute atomic E-state index is 12.0. The second-order valence-corrected chi connectivity index (χ2v) is 6.78. The van der Waals surface area contributed by atoms with Gasteiger partial charge in [-0.25, -0.2) is 8.42 Å². The Morgan fingerprint density at radius 2 is 2.21 bits per heavy atom. The Hall–Kier alpha value is -1.66. The van der Waals surface area contributed by atoms with Gasteiger partial charge in [-0.2, -0.15) is 5.10 Å². The molecule has 2 aromatic rings. The molecule has 1 aliphatic rings. The summed E-state index contributed by atoms with van der Waals surface area (Å²) in [6, 6.07) is 7.05. The largest absolute Gasteiger partial charge is 0.305 e. The van der Waals surface area contributed by atoms with E-state index in [-0.39, 0.29) is 11.8 Å². The highest BCUT2D eigenvalue weighted by molar-refractivity contribution is 7.91. The van der Waals surface area contributed by atoms with E-state index in [0.717, 1.165) is 11.1 Å². The molecule has 0 radical (unpaired) electrons. The number of hydrogen-bond donors (Lipinski definition) is 1. The second kappa shape index (κ2) is 4.47. The molecule has 1 unspecified atom stereocenters. The van der Waals surface area contributed by atoms with Crippen molar-refractivity contribution in [2.75, 3.05) is 5.75 Å². The summed E-state index contributed by atoms with van der Waals surface area (Å²) in [6.45, 7) is 0.613. The first kappa shape index (κ1) is 12.4. The van der Waals surface area contributed by atoms with Crippen LogP contribution in [0.1, 0.15) is 17.2 Å². The van der Waals surface area contributed by atoms with Crippen LogP contribution in [0.25, 0.3) is 0 Å². The fraction of sp³-hybridized carbons (Fsp3) is 0.308. The molecule has 0 fully saturated rings. The zero-order chi connectivity index (χ0) is 13.5. The molecule has 0 amide bonds. The third-order valence-corrected chi connectivity index (χ3v) is 5.14. The highest BCUT2D eigenvalue weighted by Gasteiger charge is 2.33. The normalized spacial score (nSPS) is 20.4. The van der Waals surface area contributed by atoms with Gasteiger partial charge in [0.25, 0.3) is 0 Å². The van der Waals surface area contributed by atoms with E-state index in [1.54, 1.807) is 23.0 Å². The van der Waals surface area contributed by atoms with Crippen LogP contribution < -0.4 is 5.32 Å². The predicted molar refractivity (Wildman–Crippen MR) is 71.3 cm³/mol. The standard InChI is InChI=1S/C13H15N3O2S/c1-16-8-10(7-15-16)6-14-12-9-19(17,18)13-5-3-2-4-11(12)13/h2-5,7-8,12,14H,6,9H2,1H3. The van der Waals surface area contributed by atoms with Crippen LogP contribution >= 0.6 is 0 Å². The number of nitrogens with zero attached hydrogens (tertiary/aromatic N) is 2. The first-order valence-corrected chi connectivity index (χ1v) is 7.74. The number of rotatable bonds is 3. The predicted octanol–water partition coefficient (Wildman–Crippen LogP) is 1.04. The fourth-order valence-electron chi connectivity index (χ4n) is 2.42. The molecule has 1 aromatic heterocycles. The quantitative estimate of drug-likeness (QED) is 0.910. The Morgan fingerprint density at radius 3 is 2.95 bits per heavy atom. The van der Waals surface area contributed by atoms with Crippen molar-refractivity contribution in [3.05, 3.63) is 47.8 Å². The second-order valence-electron chi connectivity index (χ2n) is 4.77. The van der Waals surface area contributed by atoms with Gasteiger partial charge in [0.1, 0.15) is 0 Å². The number of fused-ring (bicyclic) bond motifs is 1. The van der Waals surface area contributed by atoms with Gasteiger partial charge in [0.15, 0.2) is 9.84 Å². The fourth-order valence-corrected chi connectivity index (χ4v) is 4.19. The Bertz CT molecular complexity index is 706. The van der Waals surface area contributed by atoms with Crippen molar-refractivity contribution in [3.8, 4) is 0 Å². The molecule has 0 aliphatic carbocycles. The molecule has 1 atom stereocenters. The average Bonchev–Trinajstić information content (AvgIpc) is 2.90. The molecule has 19 heavy (non-hydrogen) atoms. The summed E-state index contributed by atoms with van der Waals surface area (Å²) in [5, 5.41) is 7.38. The van der Waals surface area contributed by atoms with Gasteiger partial charge in [0.2, 0.25) is 0 Å². The molecule has 5 nitrogen and oxygen atoms in total. The van der Waals surface area contributed by atoms with Crippen molar-refractivity contribution in [2.24, 2.45) is 7.05 Å². The number of hydrogen-bond acceptors (Lipinski definition) is 4. The molecule has 1 aliphatic heterocycles. The van der Waals surface area contributed by atoms with Gasteiger partial charge >= 0.3 is 0 Å². The number of benzene rings is 1. The van der Waals surface area contributed by atoms with E-state index >= 15 is 0 Å². The maximum Gasteiger partial charge on any atom is 0.180 e. The summed E-state index contributed by atoms with van der Waals surface area (Å²) in [5.74, 6) is 0.132. The van der Waals surface area contributed by atoms with Crippen LogP contribution in [0, 0.1) is 0 Å². The number of aromatic nitrogens is 2. The maximum atomic E-state index is 12.0. The summed E-state index contributed by atoms with van der Waals surface area (Å²) >= 11 is 0. The van der Waals surface area contributed by atoms with Gasteiger partial charge in [0, 0.05) is 31.4 Å². The van der Waals surface area contributed by atoms with E-state index in [1.165, 1.54) is 0 Å². The van der Waals surface area contributed by atoms with E-state index in [0.29, 0.717) is 11.4 Å². The smallest absolute Gasteiger partial charge is 0.180 e. The molecule has 2 heterocycles. The summed E-state index contributed by atoms with van der Waals surface area (Å²) < 4.78 is 25.8. The van der Waals surface area contributed by atoms with E-state index in [4.69, 9.17) is 0 Å². The lowest BCUT2D eigenvalue weighted by molar-refractivity contribution is 0.566. The van der Waals surface area contributed by atoms with E-state index in [2.05, 4.69) is 10.4 Å². The third kappa shape index (κ3) is 2.29. The summed E-state index contributed by atoms with van der Waals surface area (Å²) in [4.78, 5) is 0.457. The van der Waals surface area contributed by atoms with Gasteiger partial charge < -0.3 is 5.32 Å². The minimum atomic E-state index is -3.14. The monoisotopic (exact) mass is 277 g/mol. The van der Waals surface area contributed by atoms with E-state index < -0.39 is 9.84 Å². The minimum Gasteiger partial charge on any atom is -0.305 e. The third-order valence-electron chi connectivity index (χ3n) is 3.33. The zero-order valence-electron chi connectivity index (χ0n) is 10.6. The molecule has 100 valence electrons. The molecule has 0 spiro atoms. The highest BCUT2D eigenvalue weighted by atomic mass is 32.2. The van der Waals surface area contributed by atoms with Gasteiger partial charge in [-0.15, -0.1) is 0 Å². The van der Waals surface area contributed by atoms with Crippen molar-refractivity contribution in [3.63, 3.8) is 0 Å². The van der Waals surface area contributed by atoms with Crippen molar-refractivity contribution in [1.29, 1.82) is 0 Å². The molecule has 0 bridgehead atoms. The topological polar surface area (TPSA) is 64.0 Å². The van der Waals surface area contributed by atoms with Crippen molar-refractivity contribution in [1.82, 2.24) is 15.1 Å². The van der Waals surface area contributed by atoms with Crippen molar-refractivity contribution >= 4 is 9.84 Å². The molecular weight excluding hydrogens is 262 g/mol. The Morgan fingerprint density at radius 1 is 1.42 bits per heavy atom. The molecule has 1 N–H and O–H groups in total. The van der Waals surface area contributed by atoms with Crippen LogP contribution in [0.2, 0.25) is 0 Å². The molecule has 3 rings (SSSR count). The van der Waals surface area contributed by atoms with Gasteiger partial charge in [-0.3, -0.25) is 4.68 Å². The summed E-state index contributed by atoms with van der Waals surface area (Å²) in [6.07, 6.45) is 3.70. The van der Waals surface area contributed by atoms with Crippen LogP contribution in [-0.2, 0) is 23.4 Å². The highest BCUT2D eigenvalue weighted by Crippen LogP contribution is 2.33. The Kier molecular flexibility index (Phi) is 2.91. The molecule has 0 saturated heterocycles. The first-order valence-electron chi connectivity index (χ1n) is 6.09. The molecule has 1 aromatic carbocycles. The lowest BCUT2D eigenvalue weighted by Gasteiger charge is -2.11.